The second kappa shape index (κ2) is 7.32. The molecule has 2 N–H and O–H groups in total. The van der Waals surface area contributed by atoms with Gasteiger partial charge in [-0.2, -0.15) is 0 Å². The number of aliphatic hydroxyl groups is 1. The van der Waals surface area contributed by atoms with Crippen molar-refractivity contribution in [1.82, 2.24) is 9.55 Å². The summed E-state index contributed by atoms with van der Waals surface area (Å²) in [5.74, 6) is 0.483. The van der Waals surface area contributed by atoms with Crippen LogP contribution in [0.15, 0.2) is 34.2 Å². The van der Waals surface area contributed by atoms with Gasteiger partial charge in [0.2, 0.25) is 0 Å². The SMILES string of the molecule is C[NH+]1CCc2c(sc3nc(SCCO)n(-c4cccc(Cl)c4)c(=O)c23)C1. The number of quaternary nitrogens is 1. The minimum Gasteiger partial charge on any atom is -0.396 e. The van der Waals surface area contributed by atoms with E-state index in [4.69, 9.17) is 16.6 Å². The van der Waals surface area contributed by atoms with Crippen LogP contribution >= 0.6 is 34.7 Å². The number of hydrogen-bond acceptors (Lipinski definition) is 5. The van der Waals surface area contributed by atoms with Crippen molar-refractivity contribution in [1.29, 1.82) is 0 Å². The minimum atomic E-state index is -0.0465. The normalized spacial score (nSPS) is 16.8. The van der Waals surface area contributed by atoms with E-state index >= 15 is 0 Å². The molecule has 1 atom stereocenters. The third kappa shape index (κ3) is 3.18. The molecule has 3 heterocycles. The quantitative estimate of drug-likeness (QED) is 0.510. The number of halogens is 1. The molecule has 5 nitrogen and oxygen atoms in total. The first-order chi connectivity index (χ1) is 12.6. The minimum absolute atomic E-state index is 0.0310. The summed E-state index contributed by atoms with van der Waals surface area (Å²) in [7, 11) is 2.17. The lowest BCUT2D eigenvalue weighted by Crippen LogP contribution is -3.08. The number of nitrogens with zero attached hydrogens (tertiary/aromatic N) is 2. The van der Waals surface area contributed by atoms with Crippen LogP contribution in [0.5, 0.6) is 0 Å². The van der Waals surface area contributed by atoms with Crippen molar-refractivity contribution < 1.29 is 10.0 Å². The Labute approximate surface area is 164 Å². The fourth-order valence-corrected chi connectivity index (χ4v) is 5.63. The molecule has 0 fully saturated rings. The number of aromatic nitrogens is 2. The first kappa shape index (κ1) is 18.0. The van der Waals surface area contributed by atoms with Crippen LogP contribution in [0.4, 0.5) is 0 Å². The lowest BCUT2D eigenvalue weighted by atomic mass is 10.1. The predicted molar refractivity (Wildman–Crippen MR) is 107 cm³/mol. The second-order valence-electron chi connectivity index (χ2n) is 6.40. The summed E-state index contributed by atoms with van der Waals surface area (Å²) in [6.45, 7) is 1.99. The van der Waals surface area contributed by atoms with E-state index in [1.54, 1.807) is 28.0 Å². The van der Waals surface area contributed by atoms with Crippen LogP contribution in [0.25, 0.3) is 15.9 Å². The van der Waals surface area contributed by atoms with Gasteiger partial charge in [0.05, 0.1) is 36.2 Å². The number of thioether (sulfide) groups is 1. The third-order valence-electron chi connectivity index (χ3n) is 4.53. The number of likely N-dealkylation sites (N-methyl/N-ethyl adjacent to an activating group) is 1. The van der Waals surface area contributed by atoms with Gasteiger partial charge in [-0.1, -0.05) is 29.4 Å². The molecule has 1 aliphatic heterocycles. The van der Waals surface area contributed by atoms with Gasteiger partial charge in [-0.25, -0.2) is 4.98 Å². The molecule has 0 saturated carbocycles. The van der Waals surface area contributed by atoms with E-state index < -0.39 is 0 Å². The highest BCUT2D eigenvalue weighted by atomic mass is 35.5. The molecule has 8 heteroatoms. The fraction of sp³-hybridized carbons (Fsp3) is 0.333. The molecule has 136 valence electrons. The van der Waals surface area contributed by atoms with Crippen LogP contribution in [0.2, 0.25) is 5.02 Å². The van der Waals surface area contributed by atoms with Crippen molar-refractivity contribution in [2.45, 2.75) is 18.1 Å². The van der Waals surface area contributed by atoms with Crippen molar-refractivity contribution in [3.05, 3.63) is 50.1 Å². The number of nitrogens with one attached hydrogen (secondary N) is 1. The molecule has 0 amide bonds. The maximum atomic E-state index is 13.4. The van der Waals surface area contributed by atoms with Gasteiger partial charge in [0, 0.05) is 17.2 Å². The van der Waals surface area contributed by atoms with Crippen LogP contribution in [-0.4, -0.2) is 40.6 Å². The summed E-state index contributed by atoms with van der Waals surface area (Å²) >= 11 is 9.16. The molecule has 0 aliphatic carbocycles. The fourth-order valence-electron chi connectivity index (χ4n) is 3.32. The van der Waals surface area contributed by atoms with Crippen molar-refractivity contribution in [2.75, 3.05) is 26.0 Å². The molecule has 1 aliphatic rings. The molecule has 0 bridgehead atoms. The molecule has 0 saturated heterocycles. The Kier molecular flexibility index (Phi) is 5.07. The highest BCUT2D eigenvalue weighted by Gasteiger charge is 2.26. The molecular weight excluding hydrogens is 390 g/mol. The van der Waals surface area contributed by atoms with Gasteiger partial charge in [-0.05, 0) is 23.8 Å². The maximum absolute atomic E-state index is 13.4. The zero-order valence-electron chi connectivity index (χ0n) is 14.3. The second-order valence-corrected chi connectivity index (χ2v) is 8.99. The molecule has 0 spiro atoms. The van der Waals surface area contributed by atoms with Gasteiger partial charge in [0.25, 0.3) is 5.56 Å². The van der Waals surface area contributed by atoms with Gasteiger partial charge in [-0.15, -0.1) is 11.3 Å². The van der Waals surface area contributed by atoms with E-state index in [1.165, 1.54) is 21.5 Å². The zero-order chi connectivity index (χ0) is 18.3. The monoisotopic (exact) mass is 408 g/mol. The molecule has 3 aromatic rings. The Morgan fingerprint density at radius 2 is 2.31 bits per heavy atom. The third-order valence-corrected chi connectivity index (χ3v) is 6.81. The van der Waals surface area contributed by atoms with E-state index in [0.29, 0.717) is 21.6 Å². The van der Waals surface area contributed by atoms with Gasteiger partial charge in [0.1, 0.15) is 11.4 Å². The molecule has 1 aromatic carbocycles. The van der Waals surface area contributed by atoms with Gasteiger partial charge >= 0.3 is 0 Å². The van der Waals surface area contributed by atoms with Crippen LogP contribution in [-0.2, 0) is 13.0 Å². The largest absolute Gasteiger partial charge is 0.396 e. The highest BCUT2D eigenvalue weighted by molar-refractivity contribution is 7.99. The predicted octanol–water partition coefficient (Wildman–Crippen LogP) is 1.76. The molecule has 26 heavy (non-hydrogen) atoms. The van der Waals surface area contributed by atoms with E-state index in [9.17, 15) is 9.90 Å². The standard InChI is InChI=1S/C18H18ClN3O2S2/c1-21-6-5-13-14(10-21)26-16-15(13)17(24)22(18(20-16)25-8-7-23)12-4-2-3-11(19)9-12/h2-4,9,23H,5-8,10H2,1H3/p+1. The van der Waals surface area contributed by atoms with Gasteiger partial charge in [-0.3, -0.25) is 9.36 Å². The number of benzene rings is 1. The topological polar surface area (TPSA) is 59.6 Å². The Hall–Kier alpha value is -1.38. The highest BCUT2D eigenvalue weighted by Crippen LogP contribution is 2.31. The Balaban J connectivity index is 1.98. The average Bonchev–Trinajstić information content (AvgIpc) is 2.97. The maximum Gasteiger partial charge on any atom is 0.267 e. The van der Waals surface area contributed by atoms with Crippen molar-refractivity contribution in [3.8, 4) is 5.69 Å². The zero-order valence-corrected chi connectivity index (χ0v) is 16.7. The molecule has 0 radical (unpaired) electrons. The number of rotatable bonds is 4. The van der Waals surface area contributed by atoms with E-state index in [1.807, 2.05) is 12.1 Å². The number of aliphatic hydroxyl groups excluding tert-OH is 1. The van der Waals surface area contributed by atoms with Gasteiger partial charge < -0.3 is 10.0 Å². The number of thiophene rings is 1. The van der Waals surface area contributed by atoms with Crippen molar-refractivity contribution in [3.63, 3.8) is 0 Å². The lowest BCUT2D eigenvalue weighted by Gasteiger charge is -2.19. The van der Waals surface area contributed by atoms with Crippen molar-refractivity contribution in [2.24, 2.45) is 0 Å². The molecule has 4 rings (SSSR count). The van der Waals surface area contributed by atoms with Crippen LogP contribution in [0, 0.1) is 0 Å². The van der Waals surface area contributed by atoms with Gasteiger partial charge in [0.15, 0.2) is 5.16 Å². The van der Waals surface area contributed by atoms with Crippen LogP contribution in [0.1, 0.15) is 10.4 Å². The smallest absolute Gasteiger partial charge is 0.267 e. The molecule has 1 unspecified atom stereocenters. The summed E-state index contributed by atoms with van der Waals surface area (Å²) in [6, 6.07) is 7.25. The summed E-state index contributed by atoms with van der Waals surface area (Å²) in [5.41, 5.74) is 1.81. The summed E-state index contributed by atoms with van der Waals surface area (Å²) < 4.78 is 1.63. The molecule has 2 aromatic heterocycles. The Morgan fingerprint density at radius 3 is 3.08 bits per heavy atom. The Morgan fingerprint density at radius 1 is 1.46 bits per heavy atom. The lowest BCUT2D eigenvalue weighted by molar-refractivity contribution is -0.895. The van der Waals surface area contributed by atoms with E-state index in [-0.39, 0.29) is 12.2 Å². The summed E-state index contributed by atoms with van der Waals surface area (Å²) in [6.07, 6.45) is 0.900. The first-order valence-corrected chi connectivity index (χ1v) is 10.6. The average molecular weight is 409 g/mol. The summed E-state index contributed by atoms with van der Waals surface area (Å²) in [4.78, 5) is 21.7. The Bertz CT molecular complexity index is 1030. The number of fused-ring (bicyclic) bond motifs is 3. The van der Waals surface area contributed by atoms with Crippen LogP contribution in [0.3, 0.4) is 0 Å². The van der Waals surface area contributed by atoms with Crippen LogP contribution < -0.4 is 10.5 Å². The van der Waals surface area contributed by atoms with Crippen molar-refractivity contribution >= 4 is 44.9 Å². The van der Waals surface area contributed by atoms with E-state index in [2.05, 4.69) is 7.05 Å². The first-order valence-electron chi connectivity index (χ1n) is 8.46. The summed E-state index contributed by atoms with van der Waals surface area (Å²) in [5, 5.41) is 11.1. The number of hydrogen-bond donors (Lipinski definition) is 2. The van der Waals surface area contributed by atoms with E-state index in [0.717, 1.165) is 35.3 Å². The molecular formula is C18H19ClN3O2S2+.